The number of nitrogens with one attached hydrogen (secondary N) is 1. The van der Waals surface area contributed by atoms with Crippen molar-refractivity contribution in [2.75, 3.05) is 20.1 Å². The van der Waals surface area contributed by atoms with Gasteiger partial charge in [0, 0.05) is 18.2 Å². The third-order valence-corrected chi connectivity index (χ3v) is 6.82. The van der Waals surface area contributed by atoms with Gasteiger partial charge in [0.25, 0.3) is 0 Å². The topological polar surface area (TPSA) is 41.6 Å². The van der Waals surface area contributed by atoms with Gasteiger partial charge in [0.2, 0.25) is 0 Å². The monoisotopic (exact) mass is 522 g/mol. The molecular formula is C34H54N2O2. The van der Waals surface area contributed by atoms with Crippen LogP contribution in [-0.4, -0.2) is 43.0 Å². The number of rotatable bonds is 13. The summed E-state index contributed by atoms with van der Waals surface area (Å²) in [6.45, 7) is 23.4. The summed E-state index contributed by atoms with van der Waals surface area (Å²) in [6, 6.07) is 8.72. The molecule has 4 nitrogen and oxygen atoms in total. The van der Waals surface area contributed by atoms with Gasteiger partial charge >= 0.3 is 0 Å². The summed E-state index contributed by atoms with van der Waals surface area (Å²) in [5.41, 5.74) is 6.45. The largest absolute Gasteiger partial charge is 0.483 e. The van der Waals surface area contributed by atoms with Crippen LogP contribution in [0, 0.1) is 11.3 Å². The first-order chi connectivity index (χ1) is 17.9. The molecular weight excluding hydrogens is 468 g/mol. The number of hydrogen-bond donors (Lipinski definition) is 1. The van der Waals surface area contributed by atoms with E-state index >= 15 is 0 Å². The first-order valence-corrected chi connectivity index (χ1v) is 14.3. The molecule has 0 bridgehead atoms. The van der Waals surface area contributed by atoms with Crippen LogP contribution in [0.15, 0.2) is 65.9 Å². The first kappa shape index (κ1) is 33.6. The molecule has 1 aromatic carbocycles. The molecule has 1 aromatic rings. The molecule has 0 heterocycles. The number of likely N-dealkylation sites (N-methyl/N-ethyl adjacent to an activating group) is 1. The molecule has 4 heteroatoms. The van der Waals surface area contributed by atoms with Crippen molar-refractivity contribution in [3.8, 4) is 5.75 Å². The molecule has 0 saturated heterocycles. The molecule has 2 unspecified atom stereocenters. The molecule has 0 fully saturated rings. The average molecular weight is 523 g/mol. The summed E-state index contributed by atoms with van der Waals surface area (Å²) >= 11 is 0. The van der Waals surface area contributed by atoms with Crippen LogP contribution in [0.5, 0.6) is 5.75 Å². The Labute approximate surface area is 233 Å². The Hall–Kier alpha value is -2.39. The van der Waals surface area contributed by atoms with E-state index in [2.05, 4.69) is 108 Å². The van der Waals surface area contributed by atoms with Crippen LogP contribution < -0.4 is 10.1 Å². The number of ether oxygens (including phenoxy) is 1. The predicted molar refractivity (Wildman–Crippen MR) is 164 cm³/mol. The standard InChI is InChI=1S/C24H37NO2.C10H17N/c1-8-10-15-25(16-17-26)19-20-11-13-22(14-12-20)27-24(6,7)21(9-2)18-23(3,4)5;1-4-9-7-8(2)5-6-10(9)11-3/h11-14,17H,2,8,10,15-16,18-19H2,1,3-7H3;5-7,9-11H,4H2,1-3H3. The quantitative estimate of drug-likeness (QED) is 0.211. The molecule has 0 aromatic heterocycles. The maximum absolute atomic E-state index is 10.9. The molecule has 0 radical (unpaired) electrons. The van der Waals surface area contributed by atoms with Gasteiger partial charge in [-0.3, -0.25) is 4.90 Å². The molecule has 0 spiro atoms. The smallest absolute Gasteiger partial charge is 0.133 e. The van der Waals surface area contributed by atoms with E-state index in [9.17, 15) is 4.79 Å². The SMILES string of the molecule is C=C=C(CC(C)(C)C)C(C)(C)Oc1ccc(CN(CC=O)CCCC)cc1.CCC1C=C(C)C=CC1NC. The molecule has 0 amide bonds. The maximum atomic E-state index is 10.9. The number of carbonyl (C=O) groups excluding carboxylic acids is 1. The zero-order valence-electron chi connectivity index (χ0n) is 25.7. The fourth-order valence-corrected chi connectivity index (χ4v) is 4.60. The van der Waals surface area contributed by atoms with E-state index < -0.39 is 5.60 Å². The number of carbonyl (C=O) groups is 1. The number of allylic oxidation sites excluding steroid dienone is 2. The minimum absolute atomic E-state index is 0.158. The summed E-state index contributed by atoms with van der Waals surface area (Å²) in [5, 5.41) is 3.29. The molecule has 1 N–H and O–H groups in total. The van der Waals surface area contributed by atoms with Crippen molar-refractivity contribution in [2.24, 2.45) is 11.3 Å². The third-order valence-electron chi connectivity index (χ3n) is 6.82. The van der Waals surface area contributed by atoms with Crippen LogP contribution in [0.4, 0.5) is 0 Å². The highest BCUT2D eigenvalue weighted by atomic mass is 16.5. The minimum atomic E-state index is -0.457. The average Bonchev–Trinajstić information content (AvgIpc) is 2.86. The van der Waals surface area contributed by atoms with Crippen LogP contribution >= 0.6 is 0 Å². The van der Waals surface area contributed by atoms with E-state index in [1.54, 1.807) is 0 Å². The van der Waals surface area contributed by atoms with Gasteiger partial charge in [-0.2, -0.15) is 0 Å². The van der Waals surface area contributed by atoms with E-state index in [0.717, 1.165) is 50.0 Å². The van der Waals surface area contributed by atoms with Gasteiger partial charge in [-0.15, -0.1) is 5.73 Å². The van der Waals surface area contributed by atoms with Crippen molar-refractivity contribution in [1.82, 2.24) is 10.2 Å². The summed E-state index contributed by atoms with van der Waals surface area (Å²) in [6.07, 6.45) is 12.1. The van der Waals surface area contributed by atoms with Crippen LogP contribution in [0.1, 0.15) is 86.6 Å². The second-order valence-corrected chi connectivity index (χ2v) is 12.1. The third kappa shape index (κ3) is 12.4. The Morgan fingerprint density at radius 3 is 2.32 bits per heavy atom. The van der Waals surface area contributed by atoms with Gasteiger partial charge in [0.15, 0.2) is 0 Å². The Morgan fingerprint density at radius 2 is 1.82 bits per heavy atom. The number of aldehydes is 1. The summed E-state index contributed by atoms with van der Waals surface area (Å²) in [5.74, 6) is 1.52. The van der Waals surface area contributed by atoms with Crippen LogP contribution in [0.3, 0.4) is 0 Å². The Morgan fingerprint density at radius 1 is 1.16 bits per heavy atom. The van der Waals surface area contributed by atoms with Crippen molar-refractivity contribution in [2.45, 2.75) is 99.3 Å². The van der Waals surface area contributed by atoms with E-state index in [1.807, 2.05) is 19.2 Å². The van der Waals surface area contributed by atoms with Crippen molar-refractivity contribution in [3.05, 3.63) is 71.5 Å². The van der Waals surface area contributed by atoms with E-state index in [0.29, 0.717) is 18.5 Å². The normalized spacial score (nSPS) is 17.3. The number of hydrogen-bond acceptors (Lipinski definition) is 4. The number of benzene rings is 1. The zero-order valence-corrected chi connectivity index (χ0v) is 25.7. The van der Waals surface area contributed by atoms with Crippen LogP contribution in [0.25, 0.3) is 0 Å². The molecule has 1 aliphatic carbocycles. The molecule has 38 heavy (non-hydrogen) atoms. The summed E-state index contributed by atoms with van der Waals surface area (Å²) in [4.78, 5) is 13.1. The fraction of sp³-hybridized carbons (Fsp3) is 0.588. The number of nitrogens with zero attached hydrogens (tertiary/aromatic N) is 1. The second kappa shape index (κ2) is 16.5. The fourth-order valence-electron chi connectivity index (χ4n) is 4.60. The van der Waals surface area contributed by atoms with E-state index in [4.69, 9.17) is 4.74 Å². The van der Waals surface area contributed by atoms with Crippen LogP contribution in [0.2, 0.25) is 0 Å². The second-order valence-electron chi connectivity index (χ2n) is 12.1. The molecule has 0 saturated carbocycles. The van der Waals surface area contributed by atoms with Crippen LogP contribution in [-0.2, 0) is 11.3 Å². The highest BCUT2D eigenvalue weighted by molar-refractivity contribution is 5.52. The first-order valence-electron chi connectivity index (χ1n) is 14.3. The lowest BCUT2D eigenvalue weighted by atomic mass is 9.82. The molecule has 1 aliphatic rings. The summed E-state index contributed by atoms with van der Waals surface area (Å²) < 4.78 is 6.26. The maximum Gasteiger partial charge on any atom is 0.133 e. The van der Waals surface area contributed by atoms with Gasteiger partial charge in [0.05, 0.1) is 6.54 Å². The Balaban J connectivity index is 0.000000544. The molecule has 2 atom stereocenters. The van der Waals surface area contributed by atoms with E-state index in [-0.39, 0.29) is 5.41 Å². The molecule has 2 rings (SSSR count). The lowest BCUT2D eigenvalue weighted by Crippen LogP contribution is -2.32. The van der Waals surface area contributed by atoms with E-state index in [1.165, 1.54) is 17.6 Å². The van der Waals surface area contributed by atoms with Crippen molar-refractivity contribution >= 4 is 6.29 Å². The van der Waals surface area contributed by atoms with Crippen molar-refractivity contribution < 1.29 is 9.53 Å². The number of unbranched alkanes of at least 4 members (excludes halogenated alkanes) is 1. The zero-order chi connectivity index (χ0) is 28.8. The lowest BCUT2D eigenvalue weighted by molar-refractivity contribution is -0.109. The van der Waals surface area contributed by atoms with Crippen molar-refractivity contribution in [3.63, 3.8) is 0 Å². The highest BCUT2D eigenvalue weighted by Gasteiger charge is 2.29. The Kier molecular flexibility index (Phi) is 14.6. The molecule has 0 aliphatic heterocycles. The lowest BCUT2D eigenvalue weighted by Gasteiger charge is -2.32. The van der Waals surface area contributed by atoms with Crippen molar-refractivity contribution in [1.29, 1.82) is 0 Å². The summed E-state index contributed by atoms with van der Waals surface area (Å²) in [7, 11) is 2.02. The van der Waals surface area contributed by atoms with Gasteiger partial charge in [0.1, 0.15) is 17.6 Å². The minimum Gasteiger partial charge on any atom is -0.483 e. The highest BCUT2D eigenvalue weighted by Crippen LogP contribution is 2.33. The van der Waals surface area contributed by atoms with Gasteiger partial charge < -0.3 is 14.8 Å². The predicted octanol–water partition coefficient (Wildman–Crippen LogP) is 7.91. The molecule has 212 valence electrons. The van der Waals surface area contributed by atoms with Gasteiger partial charge in [-0.05, 0) is 82.7 Å². The Bertz CT molecular complexity index is 944. The van der Waals surface area contributed by atoms with Gasteiger partial charge in [-0.25, -0.2) is 0 Å². The van der Waals surface area contributed by atoms with Gasteiger partial charge in [-0.1, -0.05) is 83.6 Å².